The van der Waals surface area contributed by atoms with E-state index in [0.717, 1.165) is 4.68 Å². The van der Waals surface area contributed by atoms with Crippen LogP contribution >= 0.6 is 0 Å². The summed E-state index contributed by atoms with van der Waals surface area (Å²) in [6.45, 7) is -2.29. The third-order valence-corrected chi connectivity index (χ3v) is 0.739. The first-order valence-electron chi connectivity index (χ1n) is 3.54. The van der Waals surface area contributed by atoms with Crippen molar-refractivity contribution in [3.63, 3.8) is 0 Å². The molecular formula is C5H6N2O. The Hall–Kier alpha value is -1.12. The van der Waals surface area contributed by atoms with Crippen molar-refractivity contribution < 1.29 is 8.91 Å². The molecule has 0 radical (unpaired) electrons. The Balaban J connectivity index is 2.98. The number of hydrogen-bond donors (Lipinski definition) is 0. The molecule has 1 rings (SSSR count). The maximum atomic E-state index is 10.1. The van der Waals surface area contributed by atoms with Crippen molar-refractivity contribution in [3.05, 3.63) is 18.0 Å². The van der Waals surface area contributed by atoms with E-state index >= 15 is 0 Å². The molecule has 1 aromatic heterocycles. The summed E-state index contributed by atoms with van der Waals surface area (Å²) in [5, 5.41) is 3.48. The fourth-order valence-electron chi connectivity index (χ4n) is 0.398. The van der Waals surface area contributed by atoms with Gasteiger partial charge in [-0.1, -0.05) is 0 Å². The quantitative estimate of drug-likeness (QED) is 0.489. The Kier molecular flexibility index (Phi) is 0.541. The molecule has 0 aliphatic rings. The number of aldehydes is 1. The van der Waals surface area contributed by atoms with E-state index in [1.807, 2.05) is 0 Å². The standard InChI is InChI=1S/C5H6N2O/c1-7-3-5(4-8)2-6-7/h2-4H,1H3/i1D3. The first-order valence-corrected chi connectivity index (χ1v) is 2.04. The summed E-state index contributed by atoms with van der Waals surface area (Å²) in [7, 11) is 0. The van der Waals surface area contributed by atoms with Gasteiger partial charge in [-0.3, -0.25) is 9.48 Å². The largest absolute Gasteiger partial charge is 0.298 e. The van der Waals surface area contributed by atoms with E-state index < -0.39 is 6.98 Å². The molecule has 0 bridgehead atoms. The number of rotatable bonds is 1. The Morgan fingerprint density at radius 1 is 2.12 bits per heavy atom. The average Bonchev–Trinajstić information content (AvgIpc) is 2.32. The minimum Gasteiger partial charge on any atom is -0.298 e. The summed E-state index contributed by atoms with van der Waals surface area (Å²) in [5.41, 5.74) is 0.265. The molecular weight excluding hydrogens is 104 g/mol. The van der Waals surface area contributed by atoms with Crippen molar-refractivity contribution in [2.24, 2.45) is 6.98 Å². The van der Waals surface area contributed by atoms with Crippen molar-refractivity contribution in [1.82, 2.24) is 9.78 Å². The van der Waals surface area contributed by atoms with Gasteiger partial charge < -0.3 is 0 Å². The fraction of sp³-hybridized carbons (Fsp3) is 0.200. The van der Waals surface area contributed by atoms with Crippen LogP contribution in [0.3, 0.4) is 0 Å². The molecule has 0 aromatic carbocycles. The summed E-state index contributed by atoms with van der Waals surface area (Å²) < 4.78 is 21.4. The molecule has 0 saturated heterocycles. The van der Waals surface area contributed by atoms with Gasteiger partial charge in [0, 0.05) is 17.3 Å². The molecule has 0 fully saturated rings. The summed E-state index contributed by atoms with van der Waals surface area (Å²) in [6.07, 6.45) is 2.94. The van der Waals surface area contributed by atoms with Crippen LogP contribution in [0.2, 0.25) is 0 Å². The third kappa shape index (κ3) is 0.753. The van der Waals surface area contributed by atoms with E-state index in [1.54, 1.807) is 0 Å². The molecule has 0 aliphatic heterocycles. The molecule has 0 amide bonds. The van der Waals surface area contributed by atoms with Gasteiger partial charge in [-0.2, -0.15) is 5.10 Å². The normalized spacial score (nSPS) is 16.2. The monoisotopic (exact) mass is 113 g/mol. The number of carbonyl (C=O) groups is 1. The lowest BCUT2D eigenvalue weighted by atomic mass is 10.4. The van der Waals surface area contributed by atoms with Crippen LogP contribution in [-0.4, -0.2) is 16.1 Å². The summed E-state index contributed by atoms with van der Waals surface area (Å²) in [6, 6.07) is 0. The SMILES string of the molecule is [2H]C([2H])([2H])n1cc(C=O)cn1. The number of nitrogens with zero attached hydrogens (tertiary/aromatic N) is 2. The molecule has 8 heavy (non-hydrogen) atoms. The van der Waals surface area contributed by atoms with Crippen molar-refractivity contribution in [1.29, 1.82) is 0 Å². The van der Waals surface area contributed by atoms with E-state index in [-0.39, 0.29) is 5.56 Å². The van der Waals surface area contributed by atoms with E-state index in [9.17, 15) is 4.79 Å². The lowest BCUT2D eigenvalue weighted by Crippen LogP contribution is -1.84. The van der Waals surface area contributed by atoms with Crippen LogP contribution in [0.1, 0.15) is 14.5 Å². The maximum absolute atomic E-state index is 10.1. The van der Waals surface area contributed by atoms with Gasteiger partial charge in [-0.25, -0.2) is 0 Å². The van der Waals surface area contributed by atoms with Gasteiger partial charge in [-0.05, 0) is 0 Å². The zero-order valence-corrected chi connectivity index (χ0v) is 4.03. The van der Waals surface area contributed by atoms with Gasteiger partial charge in [0.2, 0.25) is 0 Å². The molecule has 42 valence electrons. The number of aryl methyl sites for hydroxylation is 1. The van der Waals surface area contributed by atoms with Gasteiger partial charge in [0.05, 0.1) is 11.8 Å². The van der Waals surface area contributed by atoms with Crippen LogP contribution in [0.5, 0.6) is 0 Å². The van der Waals surface area contributed by atoms with Gasteiger partial charge in [0.15, 0.2) is 6.29 Å². The molecule has 0 saturated carbocycles. The predicted molar refractivity (Wildman–Crippen MR) is 28.6 cm³/mol. The first-order chi connectivity index (χ1) is 5.04. The average molecular weight is 113 g/mol. The molecule has 0 spiro atoms. The van der Waals surface area contributed by atoms with E-state index in [4.69, 9.17) is 4.11 Å². The van der Waals surface area contributed by atoms with Gasteiger partial charge >= 0.3 is 0 Å². The van der Waals surface area contributed by atoms with Crippen LogP contribution in [0.25, 0.3) is 0 Å². The molecule has 0 unspecified atom stereocenters. The van der Waals surface area contributed by atoms with Crippen LogP contribution in [0.4, 0.5) is 0 Å². The zero-order chi connectivity index (χ0) is 8.48. The summed E-state index contributed by atoms with van der Waals surface area (Å²) in [5.74, 6) is 0. The summed E-state index contributed by atoms with van der Waals surface area (Å²) in [4.78, 5) is 10.1. The van der Waals surface area contributed by atoms with Crippen molar-refractivity contribution >= 4 is 6.29 Å². The molecule has 0 atom stereocenters. The topological polar surface area (TPSA) is 34.9 Å². The number of carbonyl (C=O) groups excluding carboxylic acids is 1. The molecule has 3 nitrogen and oxygen atoms in total. The second-order valence-corrected chi connectivity index (χ2v) is 1.34. The van der Waals surface area contributed by atoms with Crippen LogP contribution < -0.4 is 0 Å². The third-order valence-electron chi connectivity index (χ3n) is 0.739. The second kappa shape index (κ2) is 1.78. The molecule has 1 aromatic rings. The Bertz CT molecular complexity index is 265. The lowest BCUT2D eigenvalue weighted by Gasteiger charge is -1.78. The van der Waals surface area contributed by atoms with E-state index in [2.05, 4.69) is 5.10 Å². The van der Waals surface area contributed by atoms with E-state index in [1.165, 1.54) is 12.4 Å². The van der Waals surface area contributed by atoms with Gasteiger partial charge in [-0.15, -0.1) is 0 Å². The Morgan fingerprint density at radius 3 is 3.38 bits per heavy atom. The first kappa shape index (κ1) is 2.44. The highest BCUT2D eigenvalue weighted by molar-refractivity contribution is 5.73. The maximum Gasteiger partial charge on any atom is 0.153 e. The lowest BCUT2D eigenvalue weighted by molar-refractivity contribution is 0.112. The van der Waals surface area contributed by atoms with Crippen LogP contribution in [-0.2, 0) is 6.98 Å². The highest BCUT2D eigenvalue weighted by atomic mass is 16.1. The number of aromatic nitrogens is 2. The molecule has 0 aliphatic carbocycles. The minimum absolute atomic E-state index is 0.265. The van der Waals surface area contributed by atoms with Gasteiger partial charge in [0.1, 0.15) is 0 Å². The highest BCUT2D eigenvalue weighted by Gasteiger charge is 1.88. The molecule has 3 heteroatoms. The zero-order valence-electron chi connectivity index (χ0n) is 7.03. The van der Waals surface area contributed by atoms with E-state index in [0.29, 0.717) is 6.29 Å². The van der Waals surface area contributed by atoms with Crippen LogP contribution in [0.15, 0.2) is 12.4 Å². The smallest absolute Gasteiger partial charge is 0.153 e. The van der Waals surface area contributed by atoms with Crippen molar-refractivity contribution in [3.8, 4) is 0 Å². The fourth-order valence-corrected chi connectivity index (χ4v) is 0.398. The number of hydrogen-bond acceptors (Lipinski definition) is 2. The van der Waals surface area contributed by atoms with Crippen molar-refractivity contribution in [2.75, 3.05) is 0 Å². The van der Waals surface area contributed by atoms with Crippen LogP contribution in [0, 0.1) is 0 Å². The molecule has 0 N–H and O–H groups in total. The predicted octanol–water partition coefficient (Wildman–Crippen LogP) is 0.233. The minimum atomic E-state index is -2.29. The summed E-state index contributed by atoms with van der Waals surface area (Å²) >= 11 is 0. The van der Waals surface area contributed by atoms with Crippen molar-refractivity contribution in [2.45, 2.75) is 0 Å². The Labute approximate surface area is 51.1 Å². The second-order valence-electron chi connectivity index (χ2n) is 1.34. The van der Waals surface area contributed by atoms with Gasteiger partial charge in [0.25, 0.3) is 0 Å². The molecule has 1 heterocycles. The highest BCUT2D eigenvalue weighted by Crippen LogP contribution is 1.88. The Morgan fingerprint density at radius 2 is 3.00 bits per heavy atom.